The molecule has 0 aliphatic heterocycles. The summed E-state index contributed by atoms with van der Waals surface area (Å²) in [5.41, 5.74) is 2.65. The van der Waals surface area contributed by atoms with E-state index >= 15 is 0 Å². The Bertz CT molecular complexity index is 500. The van der Waals surface area contributed by atoms with E-state index in [1.54, 1.807) is 5.32 Å². The Labute approximate surface area is 97.6 Å². The Balaban J connectivity index is 2.99. The van der Waals surface area contributed by atoms with Gasteiger partial charge in [-0.1, -0.05) is 5.21 Å². The quantitative estimate of drug-likeness (QED) is 0.643. The maximum atomic E-state index is 12.6. The van der Waals surface area contributed by atoms with Gasteiger partial charge in [0.15, 0.2) is 5.69 Å². The van der Waals surface area contributed by atoms with Crippen LogP contribution in [0.1, 0.15) is 22.6 Å². The van der Waals surface area contributed by atoms with Crippen molar-refractivity contribution in [2.45, 2.75) is 13.0 Å². The lowest BCUT2D eigenvalue weighted by Gasteiger charge is -2.05. The van der Waals surface area contributed by atoms with E-state index in [0.29, 0.717) is 4.68 Å². The molecule has 18 heavy (non-hydrogen) atoms. The van der Waals surface area contributed by atoms with E-state index in [-0.39, 0.29) is 0 Å². The van der Waals surface area contributed by atoms with Gasteiger partial charge in [0.05, 0.1) is 0 Å². The number of carbonyl (C=O) groups is 3. The van der Waals surface area contributed by atoms with Gasteiger partial charge in [-0.15, -0.1) is 5.10 Å². The summed E-state index contributed by atoms with van der Waals surface area (Å²) in [6, 6.07) is -1.17. The highest BCUT2D eigenvalue weighted by Crippen LogP contribution is 2.21. The molecule has 0 fully saturated rings. The topological polar surface area (TPSA) is 140 Å². The predicted molar refractivity (Wildman–Crippen MR) is 49.7 cm³/mol. The van der Waals surface area contributed by atoms with Gasteiger partial charge in [0, 0.05) is 0 Å². The zero-order chi connectivity index (χ0) is 13.9. The van der Waals surface area contributed by atoms with Gasteiger partial charge in [0.2, 0.25) is 5.91 Å². The number of aromatic nitrogens is 3. The first-order chi connectivity index (χ1) is 8.32. The van der Waals surface area contributed by atoms with Crippen LogP contribution in [0.3, 0.4) is 0 Å². The number of amides is 3. The molecular weight excluding hydrogens is 256 g/mol. The SMILES string of the molecule is NC(=O)NC(=O)Cn1nnc(C(=O)O)c1C(F)F. The Morgan fingerprint density at radius 2 is 2.06 bits per heavy atom. The minimum Gasteiger partial charge on any atom is -0.476 e. The fourth-order valence-electron chi connectivity index (χ4n) is 1.12. The van der Waals surface area contributed by atoms with E-state index < -0.39 is 42.3 Å². The largest absolute Gasteiger partial charge is 0.476 e. The van der Waals surface area contributed by atoms with Crippen LogP contribution < -0.4 is 11.1 Å². The number of rotatable bonds is 4. The maximum Gasteiger partial charge on any atom is 0.358 e. The van der Waals surface area contributed by atoms with Crippen LogP contribution in [0.25, 0.3) is 0 Å². The molecule has 0 saturated carbocycles. The number of halogens is 2. The molecule has 1 heterocycles. The number of hydrogen-bond acceptors (Lipinski definition) is 5. The molecule has 0 spiro atoms. The number of nitrogens with zero attached hydrogens (tertiary/aromatic N) is 3. The molecule has 0 unspecified atom stereocenters. The summed E-state index contributed by atoms with van der Waals surface area (Å²) in [7, 11) is 0. The lowest BCUT2D eigenvalue weighted by molar-refractivity contribution is -0.120. The first kappa shape index (κ1) is 13.5. The second-order valence-electron chi connectivity index (χ2n) is 3.00. The van der Waals surface area contributed by atoms with Crippen molar-refractivity contribution in [1.82, 2.24) is 20.3 Å². The van der Waals surface area contributed by atoms with Crippen LogP contribution in [0, 0.1) is 0 Å². The third-order valence-corrected chi connectivity index (χ3v) is 1.74. The van der Waals surface area contributed by atoms with Crippen LogP contribution in [0.15, 0.2) is 0 Å². The van der Waals surface area contributed by atoms with E-state index in [2.05, 4.69) is 16.0 Å². The summed E-state index contributed by atoms with van der Waals surface area (Å²) in [5.74, 6) is -2.72. The molecule has 0 radical (unpaired) electrons. The fraction of sp³-hybridized carbons (Fsp3) is 0.286. The van der Waals surface area contributed by atoms with Gasteiger partial charge in [-0.05, 0) is 0 Å². The van der Waals surface area contributed by atoms with Gasteiger partial charge >= 0.3 is 12.0 Å². The second-order valence-corrected chi connectivity index (χ2v) is 3.00. The monoisotopic (exact) mass is 263 g/mol. The third kappa shape index (κ3) is 2.96. The number of carbonyl (C=O) groups excluding carboxylic acids is 2. The molecule has 98 valence electrons. The number of carboxylic acids is 1. The average Bonchev–Trinajstić information content (AvgIpc) is 2.59. The molecule has 0 atom stereocenters. The van der Waals surface area contributed by atoms with Crippen molar-refractivity contribution in [2.24, 2.45) is 5.73 Å². The highest BCUT2D eigenvalue weighted by atomic mass is 19.3. The van der Waals surface area contributed by atoms with E-state index in [1.165, 1.54) is 0 Å². The van der Waals surface area contributed by atoms with Crippen molar-refractivity contribution in [3.05, 3.63) is 11.4 Å². The Morgan fingerprint density at radius 1 is 1.44 bits per heavy atom. The second kappa shape index (κ2) is 5.16. The number of urea groups is 1. The van der Waals surface area contributed by atoms with Crippen molar-refractivity contribution in [1.29, 1.82) is 0 Å². The summed E-state index contributed by atoms with van der Waals surface area (Å²) in [5, 5.41) is 16.3. The minimum atomic E-state index is -3.19. The number of nitrogens with one attached hydrogen (secondary N) is 1. The summed E-state index contributed by atoms with van der Waals surface area (Å²) in [6.45, 7) is -0.803. The number of imide groups is 1. The molecule has 3 amide bonds. The standard InChI is InChI=1S/C7H7F2N5O4/c8-5(9)4-3(6(16)17)12-13-14(4)1-2(15)11-7(10)18/h5H,1H2,(H,16,17)(H3,10,11,15,18). The number of aromatic carboxylic acids is 1. The molecule has 0 aliphatic carbocycles. The van der Waals surface area contributed by atoms with Crippen LogP contribution in [0.2, 0.25) is 0 Å². The molecule has 11 heteroatoms. The van der Waals surface area contributed by atoms with Crippen LogP contribution in [-0.4, -0.2) is 38.0 Å². The van der Waals surface area contributed by atoms with E-state index in [1.807, 2.05) is 0 Å². The number of alkyl halides is 2. The highest BCUT2D eigenvalue weighted by molar-refractivity contribution is 5.93. The van der Waals surface area contributed by atoms with Crippen LogP contribution >= 0.6 is 0 Å². The van der Waals surface area contributed by atoms with Crippen LogP contribution in [0.4, 0.5) is 13.6 Å². The highest BCUT2D eigenvalue weighted by Gasteiger charge is 2.27. The zero-order valence-corrected chi connectivity index (χ0v) is 8.63. The molecule has 1 aromatic heterocycles. The van der Waals surface area contributed by atoms with E-state index in [9.17, 15) is 23.2 Å². The molecular formula is C7H7F2N5O4. The molecule has 0 saturated heterocycles. The van der Waals surface area contributed by atoms with Crippen LogP contribution in [-0.2, 0) is 11.3 Å². The molecule has 4 N–H and O–H groups in total. The fourth-order valence-corrected chi connectivity index (χ4v) is 1.12. The van der Waals surface area contributed by atoms with Crippen LogP contribution in [0.5, 0.6) is 0 Å². The Kier molecular flexibility index (Phi) is 3.86. The first-order valence-electron chi connectivity index (χ1n) is 4.37. The third-order valence-electron chi connectivity index (χ3n) is 1.74. The molecule has 0 aromatic carbocycles. The van der Waals surface area contributed by atoms with E-state index in [0.717, 1.165) is 0 Å². The lowest BCUT2D eigenvalue weighted by Crippen LogP contribution is -2.37. The van der Waals surface area contributed by atoms with E-state index in [4.69, 9.17) is 5.11 Å². The van der Waals surface area contributed by atoms with Crippen molar-refractivity contribution in [3.8, 4) is 0 Å². The van der Waals surface area contributed by atoms with Gasteiger partial charge in [0.25, 0.3) is 6.43 Å². The van der Waals surface area contributed by atoms with Gasteiger partial charge in [-0.3, -0.25) is 10.1 Å². The number of nitrogens with two attached hydrogens (primary N) is 1. The molecule has 0 bridgehead atoms. The maximum absolute atomic E-state index is 12.6. The normalized spacial score (nSPS) is 10.4. The van der Waals surface area contributed by atoms with Gasteiger partial charge in [-0.2, -0.15) is 0 Å². The summed E-state index contributed by atoms with van der Waals surface area (Å²) >= 11 is 0. The molecule has 9 nitrogen and oxygen atoms in total. The number of carboxylic acid groups (broad SMARTS) is 1. The first-order valence-corrected chi connectivity index (χ1v) is 4.37. The Hall–Kier alpha value is -2.59. The number of primary amides is 1. The number of hydrogen-bond donors (Lipinski definition) is 3. The average molecular weight is 263 g/mol. The molecule has 1 rings (SSSR count). The zero-order valence-electron chi connectivity index (χ0n) is 8.63. The lowest BCUT2D eigenvalue weighted by atomic mass is 10.3. The Morgan fingerprint density at radius 3 is 2.50 bits per heavy atom. The van der Waals surface area contributed by atoms with Gasteiger partial charge in [0.1, 0.15) is 12.2 Å². The van der Waals surface area contributed by atoms with Crippen molar-refractivity contribution in [2.75, 3.05) is 0 Å². The molecule has 0 aliphatic rings. The van der Waals surface area contributed by atoms with Crippen molar-refractivity contribution in [3.63, 3.8) is 0 Å². The summed E-state index contributed by atoms with van der Waals surface area (Å²) in [4.78, 5) is 32.0. The molecule has 1 aromatic rings. The van der Waals surface area contributed by atoms with Crippen molar-refractivity contribution >= 4 is 17.9 Å². The predicted octanol–water partition coefficient (Wildman–Crippen LogP) is -0.891. The minimum absolute atomic E-state index is 0.381. The van der Waals surface area contributed by atoms with Gasteiger partial charge < -0.3 is 10.8 Å². The summed E-state index contributed by atoms with van der Waals surface area (Å²) < 4.78 is 25.6. The van der Waals surface area contributed by atoms with Crippen molar-refractivity contribution < 1.29 is 28.3 Å². The smallest absolute Gasteiger partial charge is 0.358 e. The van der Waals surface area contributed by atoms with Gasteiger partial charge in [-0.25, -0.2) is 23.1 Å². The summed E-state index contributed by atoms with van der Waals surface area (Å²) in [6.07, 6.45) is -3.19.